The fraction of sp³-hybridized carbons (Fsp3) is 0.600. The van der Waals surface area contributed by atoms with Gasteiger partial charge in [-0.2, -0.15) is 0 Å². The maximum atomic E-state index is 13.2. The topological polar surface area (TPSA) is 23.5 Å². The largest absolute Gasteiger partial charge is 0.392 e. The Morgan fingerprint density at radius 1 is 1.11 bits per heavy atom. The van der Waals surface area contributed by atoms with Gasteiger partial charge in [0.1, 0.15) is 5.82 Å². The van der Waals surface area contributed by atoms with Crippen LogP contribution < -0.4 is 4.90 Å². The molecule has 0 fully saturated rings. The third-order valence-corrected chi connectivity index (χ3v) is 2.72. The van der Waals surface area contributed by atoms with Crippen LogP contribution in [-0.4, -0.2) is 18.2 Å². The SMILES string of the molecule is CC(C)CN(CC(C)C)c1ccc(F)cc1CO. The second kappa shape index (κ2) is 6.74. The summed E-state index contributed by atoms with van der Waals surface area (Å²) in [5, 5.41) is 9.37. The van der Waals surface area contributed by atoms with E-state index in [4.69, 9.17) is 0 Å². The summed E-state index contributed by atoms with van der Waals surface area (Å²) in [6.45, 7) is 10.4. The van der Waals surface area contributed by atoms with E-state index < -0.39 is 0 Å². The fourth-order valence-electron chi connectivity index (χ4n) is 2.14. The van der Waals surface area contributed by atoms with Gasteiger partial charge < -0.3 is 10.0 Å². The van der Waals surface area contributed by atoms with Gasteiger partial charge in [0, 0.05) is 24.3 Å². The van der Waals surface area contributed by atoms with E-state index >= 15 is 0 Å². The molecule has 18 heavy (non-hydrogen) atoms. The second-order valence-electron chi connectivity index (χ2n) is 5.62. The predicted octanol–water partition coefficient (Wildman–Crippen LogP) is 3.44. The lowest BCUT2D eigenvalue weighted by Gasteiger charge is -2.30. The Morgan fingerprint density at radius 3 is 2.11 bits per heavy atom. The van der Waals surface area contributed by atoms with Crippen molar-refractivity contribution in [1.29, 1.82) is 0 Å². The molecule has 0 unspecified atom stereocenters. The van der Waals surface area contributed by atoms with Crippen molar-refractivity contribution in [2.45, 2.75) is 34.3 Å². The van der Waals surface area contributed by atoms with Crippen LogP contribution in [-0.2, 0) is 6.61 Å². The van der Waals surface area contributed by atoms with E-state index in [1.54, 1.807) is 6.07 Å². The number of rotatable bonds is 6. The van der Waals surface area contributed by atoms with Gasteiger partial charge in [-0.25, -0.2) is 4.39 Å². The van der Waals surface area contributed by atoms with Gasteiger partial charge in [-0.1, -0.05) is 27.7 Å². The molecule has 0 atom stereocenters. The normalized spacial score (nSPS) is 11.3. The molecule has 1 aromatic carbocycles. The van der Waals surface area contributed by atoms with Crippen molar-refractivity contribution in [3.63, 3.8) is 0 Å². The molecule has 0 aromatic heterocycles. The first-order valence-corrected chi connectivity index (χ1v) is 6.58. The summed E-state index contributed by atoms with van der Waals surface area (Å²) in [6, 6.07) is 4.65. The molecule has 1 N–H and O–H groups in total. The van der Waals surface area contributed by atoms with Gasteiger partial charge in [-0.15, -0.1) is 0 Å². The third-order valence-electron chi connectivity index (χ3n) is 2.72. The molecule has 0 bridgehead atoms. The van der Waals surface area contributed by atoms with Gasteiger partial charge in [-0.05, 0) is 30.0 Å². The maximum absolute atomic E-state index is 13.2. The number of aliphatic hydroxyl groups excluding tert-OH is 1. The summed E-state index contributed by atoms with van der Waals surface area (Å²) >= 11 is 0. The quantitative estimate of drug-likeness (QED) is 0.839. The number of hydrogen-bond donors (Lipinski definition) is 1. The van der Waals surface area contributed by atoms with E-state index in [9.17, 15) is 9.50 Å². The Balaban J connectivity index is 3.03. The van der Waals surface area contributed by atoms with Crippen molar-refractivity contribution in [3.8, 4) is 0 Å². The lowest BCUT2D eigenvalue weighted by atomic mass is 10.1. The van der Waals surface area contributed by atoms with Crippen LogP contribution in [0.3, 0.4) is 0 Å². The minimum atomic E-state index is -0.295. The summed E-state index contributed by atoms with van der Waals surface area (Å²) in [7, 11) is 0. The molecule has 0 radical (unpaired) electrons. The zero-order chi connectivity index (χ0) is 13.7. The number of nitrogens with zero attached hydrogens (tertiary/aromatic N) is 1. The number of benzene rings is 1. The van der Waals surface area contributed by atoms with E-state index in [0.29, 0.717) is 17.4 Å². The average molecular weight is 253 g/mol. The zero-order valence-electron chi connectivity index (χ0n) is 11.8. The standard InChI is InChI=1S/C15H24FNO/c1-11(2)8-17(9-12(3)4)15-6-5-14(16)7-13(15)10-18/h5-7,11-12,18H,8-10H2,1-4H3. The first kappa shape index (κ1) is 15.0. The van der Waals surface area contributed by atoms with Crippen LogP contribution in [0.25, 0.3) is 0 Å². The minimum Gasteiger partial charge on any atom is -0.392 e. The summed E-state index contributed by atoms with van der Waals surface area (Å²) in [5.74, 6) is 0.762. The molecule has 0 spiro atoms. The lowest BCUT2D eigenvalue weighted by Crippen LogP contribution is -2.32. The monoisotopic (exact) mass is 253 g/mol. The molecule has 3 heteroatoms. The van der Waals surface area contributed by atoms with E-state index in [1.165, 1.54) is 12.1 Å². The smallest absolute Gasteiger partial charge is 0.123 e. The molecular formula is C15H24FNO. The van der Waals surface area contributed by atoms with E-state index in [-0.39, 0.29) is 12.4 Å². The summed E-state index contributed by atoms with van der Waals surface area (Å²) in [6.07, 6.45) is 0. The summed E-state index contributed by atoms with van der Waals surface area (Å²) in [4.78, 5) is 2.24. The third kappa shape index (κ3) is 4.30. The molecule has 1 rings (SSSR count). The highest BCUT2D eigenvalue weighted by Gasteiger charge is 2.14. The molecule has 0 aliphatic rings. The van der Waals surface area contributed by atoms with Crippen LogP contribution in [0.15, 0.2) is 18.2 Å². The van der Waals surface area contributed by atoms with E-state index in [0.717, 1.165) is 18.8 Å². The molecule has 0 heterocycles. The number of hydrogen-bond acceptors (Lipinski definition) is 2. The average Bonchev–Trinajstić information content (AvgIpc) is 2.26. The van der Waals surface area contributed by atoms with Gasteiger partial charge >= 0.3 is 0 Å². The predicted molar refractivity (Wildman–Crippen MR) is 74.2 cm³/mol. The minimum absolute atomic E-state index is 0.125. The Hall–Kier alpha value is -1.09. The molecule has 0 saturated carbocycles. The van der Waals surface area contributed by atoms with Crippen molar-refractivity contribution >= 4 is 5.69 Å². The summed E-state index contributed by atoms with van der Waals surface area (Å²) < 4.78 is 13.2. The van der Waals surface area contributed by atoms with Crippen LogP contribution in [0.2, 0.25) is 0 Å². The van der Waals surface area contributed by atoms with Crippen LogP contribution >= 0.6 is 0 Å². The van der Waals surface area contributed by atoms with Gasteiger partial charge in [-0.3, -0.25) is 0 Å². The molecule has 0 amide bonds. The van der Waals surface area contributed by atoms with Gasteiger partial charge in [0.05, 0.1) is 6.61 Å². The second-order valence-corrected chi connectivity index (χ2v) is 5.62. The van der Waals surface area contributed by atoms with Gasteiger partial charge in [0.25, 0.3) is 0 Å². The van der Waals surface area contributed by atoms with Gasteiger partial charge in [0.15, 0.2) is 0 Å². The van der Waals surface area contributed by atoms with Crippen molar-refractivity contribution in [3.05, 3.63) is 29.6 Å². The summed E-state index contributed by atoms with van der Waals surface area (Å²) in [5.41, 5.74) is 1.61. The van der Waals surface area contributed by atoms with Crippen LogP contribution in [0, 0.1) is 17.7 Å². The van der Waals surface area contributed by atoms with E-state index in [1.807, 2.05) is 0 Å². The molecule has 2 nitrogen and oxygen atoms in total. The highest BCUT2D eigenvalue weighted by Crippen LogP contribution is 2.24. The molecule has 0 aliphatic heterocycles. The fourth-order valence-corrected chi connectivity index (χ4v) is 2.14. The highest BCUT2D eigenvalue weighted by atomic mass is 19.1. The Kier molecular flexibility index (Phi) is 5.60. The Bertz CT molecular complexity index is 367. The molecule has 102 valence electrons. The zero-order valence-corrected chi connectivity index (χ0v) is 11.8. The molecule has 0 saturated heterocycles. The first-order chi connectivity index (χ1) is 8.43. The number of halogens is 1. The van der Waals surface area contributed by atoms with Crippen molar-refractivity contribution in [2.75, 3.05) is 18.0 Å². The number of anilines is 1. The molecule has 1 aromatic rings. The molecule has 0 aliphatic carbocycles. The highest BCUT2D eigenvalue weighted by molar-refractivity contribution is 5.53. The van der Waals surface area contributed by atoms with Crippen molar-refractivity contribution in [1.82, 2.24) is 0 Å². The maximum Gasteiger partial charge on any atom is 0.123 e. The van der Waals surface area contributed by atoms with Crippen molar-refractivity contribution in [2.24, 2.45) is 11.8 Å². The van der Waals surface area contributed by atoms with Gasteiger partial charge in [0.2, 0.25) is 0 Å². The van der Waals surface area contributed by atoms with Crippen LogP contribution in [0.1, 0.15) is 33.3 Å². The number of aliphatic hydroxyl groups is 1. The van der Waals surface area contributed by atoms with Crippen molar-refractivity contribution < 1.29 is 9.50 Å². The van der Waals surface area contributed by atoms with Crippen LogP contribution in [0.5, 0.6) is 0 Å². The Morgan fingerprint density at radius 2 is 1.67 bits per heavy atom. The lowest BCUT2D eigenvalue weighted by molar-refractivity contribution is 0.281. The van der Waals surface area contributed by atoms with Crippen LogP contribution in [0.4, 0.5) is 10.1 Å². The van der Waals surface area contributed by atoms with E-state index in [2.05, 4.69) is 32.6 Å². The molecular weight excluding hydrogens is 229 g/mol. The Labute approximate surface area is 109 Å². The first-order valence-electron chi connectivity index (χ1n) is 6.58.